The molecule has 75 heavy (non-hydrogen) atoms. The molecule has 0 rings (SSSR count). The highest BCUT2D eigenvalue weighted by atomic mass is 16.5. The van der Waals surface area contributed by atoms with Gasteiger partial charge in [0.2, 0.25) is 5.91 Å². The van der Waals surface area contributed by atoms with E-state index >= 15 is 0 Å². The van der Waals surface area contributed by atoms with Crippen LogP contribution in [0.15, 0.2) is 24.3 Å². The number of aliphatic hydroxyl groups excluding tert-OH is 2. The Bertz CT molecular complexity index is 1170. The highest BCUT2D eigenvalue weighted by Crippen LogP contribution is 2.18. The summed E-state index contributed by atoms with van der Waals surface area (Å²) in [6.07, 6.45) is 81.0. The van der Waals surface area contributed by atoms with Gasteiger partial charge >= 0.3 is 5.97 Å². The van der Waals surface area contributed by atoms with Crippen molar-refractivity contribution in [2.75, 3.05) is 13.2 Å². The molecule has 2 atom stereocenters. The van der Waals surface area contributed by atoms with Gasteiger partial charge in [-0.2, -0.15) is 0 Å². The monoisotopic (exact) mass is 1060 g/mol. The first-order valence-electron chi connectivity index (χ1n) is 34.1. The van der Waals surface area contributed by atoms with Crippen LogP contribution in [-0.2, 0) is 14.3 Å². The zero-order valence-electron chi connectivity index (χ0n) is 50.8. The smallest absolute Gasteiger partial charge is 0.305 e. The van der Waals surface area contributed by atoms with Gasteiger partial charge in [-0.05, 0) is 57.8 Å². The Kier molecular flexibility index (Phi) is 63.4. The lowest BCUT2D eigenvalue weighted by atomic mass is 10.0. The summed E-state index contributed by atoms with van der Waals surface area (Å²) in [6.45, 7) is 4.93. The zero-order chi connectivity index (χ0) is 54.3. The van der Waals surface area contributed by atoms with Crippen LogP contribution in [0.4, 0.5) is 0 Å². The topological polar surface area (TPSA) is 95.9 Å². The number of ether oxygens (including phenoxy) is 1. The van der Waals surface area contributed by atoms with Gasteiger partial charge in [0.25, 0.3) is 0 Å². The van der Waals surface area contributed by atoms with Crippen molar-refractivity contribution in [2.24, 2.45) is 0 Å². The second-order valence-corrected chi connectivity index (χ2v) is 23.5. The van der Waals surface area contributed by atoms with Crippen molar-refractivity contribution in [3.05, 3.63) is 24.3 Å². The number of hydrogen-bond donors (Lipinski definition) is 3. The number of hydrogen-bond acceptors (Lipinski definition) is 5. The van der Waals surface area contributed by atoms with Crippen molar-refractivity contribution >= 4 is 11.9 Å². The van der Waals surface area contributed by atoms with E-state index in [1.165, 1.54) is 315 Å². The third kappa shape index (κ3) is 61.4. The molecule has 0 saturated carbocycles. The van der Waals surface area contributed by atoms with Gasteiger partial charge < -0.3 is 20.3 Å². The van der Waals surface area contributed by atoms with Crippen molar-refractivity contribution in [1.82, 2.24) is 5.32 Å². The minimum Gasteiger partial charge on any atom is -0.466 e. The first-order valence-corrected chi connectivity index (χ1v) is 34.1. The molecule has 6 heteroatoms. The number of unbranched alkanes of at least 4 members (excludes halogenated alkanes) is 51. The normalized spacial score (nSPS) is 12.6. The molecule has 1 amide bonds. The summed E-state index contributed by atoms with van der Waals surface area (Å²) in [5.74, 6) is -0.0502. The van der Waals surface area contributed by atoms with E-state index in [0.29, 0.717) is 19.4 Å². The number of rotatable bonds is 64. The van der Waals surface area contributed by atoms with Crippen LogP contribution in [0.25, 0.3) is 0 Å². The number of nitrogens with one attached hydrogen (secondary N) is 1. The summed E-state index contributed by atoms with van der Waals surface area (Å²) in [4.78, 5) is 24.5. The average Bonchev–Trinajstić information content (AvgIpc) is 3.41. The summed E-state index contributed by atoms with van der Waals surface area (Å²) < 4.78 is 5.47. The molecule has 0 saturated heterocycles. The average molecular weight is 1060 g/mol. The zero-order valence-corrected chi connectivity index (χ0v) is 50.8. The second kappa shape index (κ2) is 64.9. The van der Waals surface area contributed by atoms with Crippen LogP contribution in [0, 0.1) is 0 Å². The van der Waals surface area contributed by atoms with Gasteiger partial charge in [0, 0.05) is 12.8 Å². The summed E-state index contributed by atoms with van der Waals surface area (Å²) in [5.41, 5.74) is 0. The van der Waals surface area contributed by atoms with E-state index in [9.17, 15) is 19.8 Å². The fraction of sp³-hybridized carbons (Fsp3) is 0.913. The maximum Gasteiger partial charge on any atom is 0.305 e. The molecule has 3 N–H and O–H groups in total. The molecule has 0 aliphatic rings. The van der Waals surface area contributed by atoms with Crippen molar-refractivity contribution < 1.29 is 24.5 Å². The Morgan fingerprint density at radius 3 is 0.947 bits per heavy atom. The van der Waals surface area contributed by atoms with Crippen LogP contribution in [0.3, 0.4) is 0 Å². The lowest BCUT2D eigenvalue weighted by molar-refractivity contribution is -0.143. The summed E-state index contributed by atoms with van der Waals surface area (Å²) in [5, 5.41) is 23.2. The van der Waals surface area contributed by atoms with Crippen LogP contribution in [-0.4, -0.2) is 47.4 Å². The fourth-order valence-electron chi connectivity index (χ4n) is 10.7. The Balaban J connectivity index is 3.41. The van der Waals surface area contributed by atoms with E-state index in [4.69, 9.17) is 4.74 Å². The first-order chi connectivity index (χ1) is 37.0. The lowest BCUT2D eigenvalue weighted by Crippen LogP contribution is -2.45. The van der Waals surface area contributed by atoms with E-state index in [-0.39, 0.29) is 18.5 Å². The van der Waals surface area contributed by atoms with Crippen LogP contribution in [0.5, 0.6) is 0 Å². The molecule has 0 aromatic carbocycles. The number of carbonyl (C=O) groups excluding carboxylic acids is 2. The van der Waals surface area contributed by atoms with E-state index < -0.39 is 12.1 Å². The van der Waals surface area contributed by atoms with E-state index in [2.05, 4.69) is 31.3 Å². The molecule has 6 nitrogen and oxygen atoms in total. The van der Waals surface area contributed by atoms with Gasteiger partial charge in [-0.15, -0.1) is 0 Å². The molecule has 0 aromatic heterocycles. The van der Waals surface area contributed by atoms with Gasteiger partial charge in [0.15, 0.2) is 0 Å². The third-order valence-electron chi connectivity index (χ3n) is 16.0. The van der Waals surface area contributed by atoms with Gasteiger partial charge in [-0.25, -0.2) is 0 Å². The molecule has 0 fully saturated rings. The summed E-state index contributed by atoms with van der Waals surface area (Å²) in [7, 11) is 0. The van der Waals surface area contributed by atoms with Crippen molar-refractivity contribution in [1.29, 1.82) is 0 Å². The Labute approximate surface area is 469 Å². The number of carbonyl (C=O) groups is 2. The highest BCUT2D eigenvalue weighted by molar-refractivity contribution is 5.76. The summed E-state index contributed by atoms with van der Waals surface area (Å²) in [6, 6.07) is -0.629. The summed E-state index contributed by atoms with van der Waals surface area (Å²) >= 11 is 0. The fourth-order valence-corrected chi connectivity index (χ4v) is 10.7. The van der Waals surface area contributed by atoms with Crippen LogP contribution < -0.4 is 5.32 Å². The van der Waals surface area contributed by atoms with Crippen molar-refractivity contribution in [3.8, 4) is 0 Å². The molecular weight excluding hydrogens is 923 g/mol. The predicted octanol–water partition coefficient (Wildman–Crippen LogP) is 21.8. The third-order valence-corrected chi connectivity index (χ3v) is 16.0. The van der Waals surface area contributed by atoms with Gasteiger partial charge in [-0.1, -0.05) is 334 Å². The molecule has 0 bridgehead atoms. The maximum absolute atomic E-state index is 12.5. The van der Waals surface area contributed by atoms with E-state index in [0.717, 1.165) is 38.5 Å². The number of allylic oxidation sites excluding steroid dienone is 3. The Morgan fingerprint density at radius 1 is 0.360 bits per heavy atom. The molecule has 444 valence electrons. The van der Waals surface area contributed by atoms with E-state index in [1.54, 1.807) is 6.08 Å². The molecule has 2 unspecified atom stereocenters. The molecule has 0 heterocycles. The van der Waals surface area contributed by atoms with Gasteiger partial charge in [0.1, 0.15) is 0 Å². The molecule has 0 aliphatic carbocycles. The number of esters is 1. The molecule has 0 radical (unpaired) electrons. The molecule has 0 aromatic rings. The Hall–Kier alpha value is -1.66. The SMILES string of the molecule is CCCCCCCCCCCCCCCCCCCC/C=C/C(O)C(CO)NC(=O)CCCCCCCCCCCCC/C=C\CCCCCCCCCCCCCCOC(=O)CCCCCCCCCCCCC. The van der Waals surface area contributed by atoms with Crippen molar-refractivity contribution in [3.63, 3.8) is 0 Å². The first kappa shape index (κ1) is 73.3. The lowest BCUT2D eigenvalue weighted by Gasteiger charge is -2.20. The number of amides is 1. The minimum atomic E-state index is -0.845. The molecule has 0 spiro atoms. The quantitative estimate of drug-likeness (QED) is 0.0320. The van der Waals surface area contributed by atoms with Crippen molar-refractivity contribution in [2.45, 2.75) is 392 Å². The minimum absolute atomic E-state index is 0.0149. The predicted molar refractivity (Wildman–Crippen MR) is 329 cm³/mol. The highest BCUT2D eigenvalue weighted by Gasteiger charge is 2.18. The molecular formula is C69H133NO5. The molecule has 0 aliphatic heterocycles. The van der Waals surface area contributed by atoms with Crippen LogP contribution >= 0.6 is 0 Å². The van der Waals surface area contributed by atoms with Crippen LogP contribution in [0.1, 0.15) is 380 Å². The Morgan fingerprint density at radius 2 is 0.627 bits per heavy atom. The largest absolute Gasteiger partial charge is 0.466 e. The standard InChI is InChI=1S/C69H133NO5/c1-3-5-7-9-11-13-15-16-17-18-19-29-32-35-38-42-45-49-53-57-61-67(72)66(65-71)70-68(73)62-58-54-50-46-43-39-36-33-30-27-25-23-21-20-22-24-26-28-31-34-37-40-44-48-52-56-60-64-75-69(74)63-59-55-51-47-41-14-12-10-8-6-4-2/h20-21,57,61,66-67,71-72H,3-19,22-56,58-60,62-65H2,1-2H3,(H,70,73)/b21-20-,61-57+. The van der Waals surface area contributed by atoms with Gasteiger partial charge in [0.05, 0.1) is 25.4 Å². The second-order valence-electron chi connectivity index (χ2n) is 23.5. The number of aliphatic hydroxyl groups is 2. The maximum atomic E-state index is 12.5. The van der Waals surface area contributed by atoms with E-state index in [1.807, 2.05) is 6.08 Å². The van der Waals surface area contributed by atoms with Crippen LogP contribution in [0.2, 0.25) is 0 Å². The van der Waals surface area contributed by atoms with Gasteiger partial charge in [-0.3, -0.25) is 9.59 Å².